The summed E-state index contributed by atoms with van der Waals surface area (Å²) in [5.41, 5.74) is 0.443. The van der Waals surface area contributed by atoms with Crippen LogP contribution in [0.15, 0.2) is 42.6 Å². The first-order valence-corrected chi connectivity index (χ1v) is 7.82. The second-order valence-corrected chi connectivity index (χ2v) is 6.38. The molecule has 0 saturated heterocycles. The molecule has 0 saturated carbocycles. The molecule has 0 radical (unpaired) electrons. The van der Waals surface area contributed by atoms with Gasteiger partial charge in [0.05, 0.1) is 0 Å². The molecule has 112 valence electrons. The monoisotopic (exact) mass is 314 g/mol. The summed E-state index contributed by atoms with van der Waals surface area (Å²) >= 11 is 1.46. The molecular formula is C17H15FN2OS. The number of rotatable bonds is 3. The van der Waals surface area contributed by atoms with Gasteiger partial charge in [0.2, 0.25) is 0 Å². The zero-order chi connectivity index (χ0) is 15.7. The van der Waals surface area contributed by atoms with E-state index in [1.54, 1.807) is 30.5 Å². The molecule has 1 heterocycles. The highest BCUT2D eigenvalue weighted by molar-refractivity contribution is 7.15. The Kier molecular flexibility index (Phi) is 3.90. The number of anilines is 1. The maximum atomic E-state index is 13.8. The normalized spacial score (nSPS) is 11.1. The SMILES string of the molecule is CC(C)c1cnc(NC(=O)c2ccc(F)c3ccccc23)s1. The molecule has 0 bridgehead atoms. The Morgan fingerprint density at radius 2 is 1.91 bits per heavy atom. The van der Waals surface area contributed by atoms with Crippen LogP contribution in [0.25, 0.3) is 10.8 Å². The number of benzene rings is 2. The number of aromatic nitrogens is 1. The number of halogens is 1. The van der Waals surface area contributed by atoms with Crippen molar-refractivity contribution < 1.29 is 9.18 Å². The van der Waals surface area contributed by atoms with E-state index in [4.69, 9.17) is 0 Å². The maximum absolute atomic E-state index is 13.8. The van der Waals surface area contributed by atoms with Crippen LogP contribution in [0.1, 0.15) is 35.0 Å². The van der Waals surface area contributed by atoms with E-state index in [1.165, 1.54) is 23.5 Å². The van der Waals surface area contributed by atoms with E-state index < -0.39 is 0 Å². The maximum Gasteiger partial charge on any atom is 0.258 e. The summed E-state index contributed by atoms with van der Waals surface area (Å²) in [4.78, 5) is 17.8. The number of thiazole rings is 1. The molecule has 0 unspecified atom stereocenters. The number of nitrogens with one attached hydrogen (secondary N) is 1. The van der Waals surface area contributed by atoms with Crippen molar-refractivity contribution in [2.45, 2.75) is 19.8 Å². The fourth-order valence-corrected chi connectivity index (χ4v) is 3.05. The molecule has 2 aromatic carbocycles. The average molecular weight is 314 g/mol. The smallest absolute Gasteiger partial charge is 0.258 e. The lowest BCUT2D eigenvalue weighted by molar-refractivity contribution is 0.102. The molecule has 0 aliphatic rings. The van der Waals surface area contributed by atoms with Gasteiger partial charge in [0.15, 0.2) is 5.13 Å². The Morgan fingerprint density at radius 3 is 2.59 bits per heavy atom. The van der Waals surface area contributed by atoms with Gasteiger partial charge in [-0.25, -0.2) is 9.37 Å². The second kappa shape index (κ2) is 5.85. The topological polar surface area (TPSA) is 42.0 Å². The van der Waals surface area contributed by atoms with Crippen LogP contribution in [0.2, 0.25) is 0 Å². The van der Waals surface area contributed by atoms with Crippen LogP contribution in [0, 0.1) is 5.82 Å². The van der Waals surface area contributed by atoms with Crippen molar-refractivity contribution in [2.24, 2.45) is 0 Å². The highest BCUT2D eigenvalue weighted by atomic mass is 32.1. The molecule has 3 rings (SSSR count). The van der Waals surface area contributed by atoms with Gasteiger partial charge in [0, 0.05) is 22.0 Å². The van der Waals surface area contributed by atoms with E-state index in [0.717, 1.165) is 4.88 Å². The Hall–Kier alpha value is -2.27. The summed E-state index contributed by atoms with van der Waals surface area (Å²) in [5.74, 6) is -0.237. The van der Waals surface area contributed by atoms with Crippen LogP contribution < -0.4 is 5.32 Å². The summed E-state index contributed by atoms with van der Waals surface area (Å²) in [6.45, 7) is 4.15. The minimum Gasteiger partial charge on any atom is -0.298 e. The van der Waals surface area contributed by atoms with Gasteiger partial charge in [-0.1, -0.05) is 38.1 Å². The van der Waals surface area contributed by atoms with Crippen LogP contribution >= 0.6 is 11.3 Å². The number of fused-ring (bicyclic) bond motifs is 1. The van der Waals surface area contributed by atoms with Gasteiger partial charge in [0.25, 0.3) is 5.91 Å². The number of nitrogens with zero attached hydrogens (tertiary/aromatic N) is 1. The van der Waals surface area contributed by atoms with Gasteiger partial charge in [-0.3, -0.25) is 10.1 Å². The minimum atomic E-state index is -0.330. The first kappa shape index (κ1) is 14.7. The summed E-state index contributed by atoms with van der Waals surface area (Å²) in [5, 5.41) is 4.39. The molecule has 5 heteroatoms. The fourth-order valence-electron chi connectivity index (χ4n) is 2.24. The average Bonchev–Trinajstić information content (AvgIpc) is 2.96. The first-order chi connectivity index (χ1) is 10.6. The van der Waals surface area contributed by atoms with Crippen molar-refractivity contribution in [3.05, 3.63) is 58.9 Å². The number of amides is 1. The Bertz CT molecular complexity index is 842. The lowest BCUT2D eigenvalue weighted by Gasteiger charge is -2.07. The van der Waals surface area contributed by atoms with Gasteiger partial charge in [-0.15, -0.1) is 11.3 Å². The third kappa shape index (κ3) is 2.72. The quantitative estimate of drug-likeness (QED) is 0.753. The highest BCUT2D eigenvalue weighted by Gasteiger charge is 2.14. The largest absolute Gasteiger partial charge is 0.298 e. The summed E-state index contributed by atoms with van der Waals surface area (Å²) in [6, 6.07) is 9.78. The highest BCUT2D eigenvalue weighted by Crippen LogP contribution is 2.27. The molecular weight excluding hydrogens is 299 g/mol. The van der Waals surface area contributed by atoms with E-state index >= 15 is 0 Å². The van der Waals surface area contributed by atoms with Gasteiger partial charge >= 0.3 is 0 Å². The zero-order valence-corrected chi connectivity index (χ0v) is 13.1. The third-order valence-electron chi connectivity index (χ3n) is 3.43. The number of hydrogen-bond donors (Lipinski definition) is 1. The molecule has 1 N–H and O–H groups in total. The molecule has 3 aromatic rings. The van der Waals surface area contributed by atoms with E-state index in [-0.39, 0.29) is 11.7 Å². The minimum absolute atomic E-state index is 0.277. The molecule has 1 amide bonds. The standard InChI is InChI=1S/C17H15FN2OS/c1-10(2)15-9-19-17(22-15)20-16(21)13-7-8-14(18)12-6-4-3-5-11(12)13/h3-10H,1-2H3,(H,19,20,21). The molecule has 0 aliphatic carbocycles. The first-order valence-electron chi connectivity index (χ1n) is 7.00. The van der Waals surface area contributed by atoms with Crippen LogP contribution in [0.5, 0.6) is 0 Å². The van der Waals surface area contributed by atoms with Gasteiger partial charge < -0.3 is 0 Å². The summed E-state index contributed by atoms with van der Waals surface area (Å²) < 4.78 is 13.8. The van der Waals surface area contributed by atoms with Crippen molar-refractivity contribution in [3.8, 4) is 0 Å². The number of carbonyl (C=O) groups is 1. The fraction of sp³-hybridized carbons (Fsp3) is 0.176. The second-order valence-electron chi connectivity index (χ2n) is 5.32. The summed E-state index contributed by atoms with van der Waals surface area (Å²) in [7, 11) is 0. The van der Waals surface area contributed by atoms with E-state index in [1.807, 2.05) is 0 Å². The van der Waals surface area contributed by atoms with Crippen molar-refractivity contribution in [1.29, 1.82) is 0 Å². The van der Waals surface area contributed by atoms with E-state index in [9.17, 15) is 9.18 Å². The van der Waals surface area contributed by atoms with Crippen molar-refractivity contribution in [1.82, 2.24) is 4.98 Å². The van der Waals surface area contributed by atoms with Crippen LogP contribution in [-0.2, 0) is 0 Å². The molecule has 0 aliphatic heterocycles. The van der Waals surface area contributed by atoms with E-state index in [0.29, 0.717) is 27.4 Å². The van der Waals surface area contributed by atoms with Crippen molar-refractivity contribution in [3.63, 3.8) is 0 Å². The van der Waals surface area contributed by atoms with Crippen LogP contribution in [0.3, 0.4) is 0 Å². The Balaban J connectivity index is 1.93. The lowest BCUT2D eigenvalue weighted by atomic mass is 10.0. The molecule has 0 atom stereocenters. The van der Waals surface area contributed by atoms with Crippen molar-refractivity contribution >= 4 is 33.1 Å². The molecule has 22 heavy (non-hydrogen) atoms. The molecule has 1 aromatic heterocycles. The van der Waals surface area contributed by atoms with Crippen molar-refractivity contribution in [2.75, 3.05) is 5.32 Å². The van der Waals surface area contributed by atoms with Crippen LogP contribution in [-0.4, -0.2) is 10.9 Å². The van der Waals surface area contributed by atoms with Gasteiger partial charge in [0.1, 0.15) is 5.82 Å². The zero-order valence-electron chi connectivity index (χ0n) is 12.3. The Morgan fingerprint density at radius 1 is 1.18 bits per heavy atom. The number of carbonyl (C=O) groups excluding carboxylic acids is 1. The third-order valence-corrected chi connectivity index (χ3v) is 4.64. The van der Waals surface area contributed by atoms with E-state index in [2.05, 4.69) is 24.1 Å². The van der Waals surface area contributed by atoms with Gasteiger partial charge in [-0.05, 0) is 23.4 Å². The molecule has 3 nitrogen and oxygen atoms in total. The predicted octanol–water partition coefficient (Wildman–Crippen LogP) is 4.81. The molecule has 0 fully saturated rings. The predicted molar refractivity (Wildman–Crippen MR) is 88.1 cm³/mol. The van der Waals surface area contributed by atoms with Gasteiger partial charge in [-0.2, -0.15) is 0 Å². The van der Waals surface area contributed by atoms with Crippen LogP contribution in [0.4, 0.5) is 9.52 Å². The lowest BCUT2D eigenvalue weighted by Crippen LogP contribution is -2.12. The Labute approximate surface area is 131 Å². The number of hydrogen-bond acceptors (Lipinski definition) is 3. The molecule has 0 spiro atoms. The summed E-state index contributed by atoms with van der Waals surface area (Å²) in [6.07, 6.45) is 1.77.